The SMILES string of the molecule is CNCc1sc(-c2ncccc2F)nc1C(C)(C)C. The van der Waals surface area contributed by atoms with E-state index >= 15 is 0 Å². The van der Waals surface area contributed by atoms with E-state index < -0.39 is 0 Å². The maximum Gasteiger partial charge on any atom is 0.151 e. The van der Waals surface area contributed by atoms with Crippen LogP contribution in [0.1, 0.15) is 31.3 Å². The van der Waals surface area contributed by atoms with Gasteiger partial charge in [0.1, 0.15) is 10.7 Å². The van der Waals surface area contributed by atoms with Crippen LogP contribution in [0.4, 0.5) is 4.39 Å². The van der Waals surface area contributed by atoms with E-state index in [1.54, 1.807) is 12.3 Å². The molecule has 2 rings (SSSR count). The summed E-state index contributed by atoms with van der Waals surface area (Å²) in [5.41, 5.74) is 1.28. The topological polar surface area (TPSA) is 37.8 Å². The van der Waals surface area contributed by atoms with Gasteiger partial charge in [0, 0.05) is 23.0 Å². The van der Waals surface area contributed by atoms with Crippen LogP contribution >= 0.6 is 11.3 Å². The third-order valence-corrected chi connectivity index (χ3v) is 3.77. The van der Waals surface area contributed by atoms with E-state index in [1.165, 1.54) is 17.4 Å². The standard InChI is InChI=1S/C14H18FN3S/c1-14(2,3)12-10(8-16-4)19-13(18-12)11-9(15)6-5-7-17-11/h5-7,16H,8H2,1-4H3. The average Bonchev–Trinajstić information content (AvgIpc) is 2.74. The lowest BCUT2D eigenvalue weighted by Crippen LogP contribution is -2.16. The van der Waals surface area contributed by atoms with Gasteiger partial charge in [-0.1, -0.05) is 20.8 Å². The third kappa shape index (κ3) is 2.98. The van der Waals surface area contributed by atoms with Crippen molar-refractivity contribution in [2.75, 3.05) is 7.05 Å². The van der Waals surface area contributed by atoms with Crippen molar-refractivity contribution in [1.82, 2.24) is 15.3 Å². The van der Waals surface area contributed by atoms with Crippen LogP contribution in [0, 0.1) is 5.82 Å². The molecule has 0 saturated heterocycles. The molecule has 0 unspecified atom stereocenters. The average molecular weight is 279 g/mol. The number of nitrogens with one attached hydrogen (secondary N) is 1. The first-order valence-corrected chi connectivity index (χ1v) is 7.01. The number of pyridine rings is 1. The Bertz CT molecular complexity index is 572. The summed E-state index contributed by atoms with van der Waals surface area (Å²) in [7, 11) is 1.90. The molecule has 3 nitrogen and oxygen atoms in total. The van der Waals surface area contributed by atoms with Gasteiger partial charge in [0.15, 0.2) is 5.82 Å². The van der Waals surface area contributed by atoms with Crippen LogP contribution in [0.2, 0.25) is 0 Å². The van der Waals surface area contributed by atoms with Gasteiger partial charge in [0.25, 0.3) is 0 Å². The Morgan fingerprint density at radius 3 is 2.68 bits per heavy atom. The van der Waals surface area contributed by atoms with Crippen molar-refractivity contribution in [2.24, 2.45) is 0 Å². The van der Waals surface area contributed by atoms with Crippen LogP contribution in [-0.4, -0.2) is 17.0 Å². The number of hydrogen-bond donors (Lipinski definition) is 1. The van der Waals surface area contributed by atoms with Crippen molar-refractivity contribution in [3.8, 4) is 10.7 Å². The second-order valence-corrected chi connectivity index (χ2v) is 6.49. The first-order chi connectivity index (χ1) is 8.93. The van der Waals surface area contributed by atoms with E-state index in [1.807, 2.05) is 7.05 Å². The van der Waals surface area contributed by atoms with Gasteiger partial charge in [-0.25, -0.2) is 9.37 Å². The Kier molecular flexibility index (Phi) is 3.96. The zero-order valence-corrected chi connectivity index (χ0v) is 12.4. The fraction of sp³-hybridized carbons (Fsp3) is 0.429. The maximum absolute atomic E-state index is 13.8. The fourth-order valence-electron chi connectivity index (χ4n) is 1.86. The number of halogens is 1. The van der Waals surface area contributed by atoms with Crippen molar-refractivity contribution in [1.29, 1.82) is 0 Å². The Hall–Kier alpha value is -1.33. The smallest absolute Gasteiger partial charge is 0.151 e. The summed E-state index contributed by atoms with van der Waals surface area (Å²) in [5.74, 6) is -0.326. The van der Waals surface area contributed by atoms with Crippen LogP contribution in [-0.2, 0) is 12.0 Å². The summed E-state index contributed by atoms with van der Waals surface area (Å²) in [6, 6.07) is 3.00. The zero-order valence-electron chi connectivity index (χ0n) is 11.6. The number of thiazole rings is 1. The van der Waals surface area contributed by atoms with Gasteiger partial charge in [0.05, 0.1) is 5.69 Å². The van der Waals surface area contributed by atoms with E-state index in [4.69, 9.17) is 0 Å². The molecule has 2 heterocycles. The number of hydrogen-bond acceptors (Lipinski definition) is 4. The van der Waals surface area contributed by atoms with Crippen molar-refractivity contribution in [3.05, 3.63) is 34.7 Å². The first kappa shape index (κ1) is 14.1. The van der Waals surface area contributed by atoms with Crippen LogP contribution in [0.5, 0.6) is 0 Å². The lowest BCUT2D eigenvalue weighted by molar-refractivity contribution is 0.563. The second kappa shape index (κ2) is 5.35. The van der Waals surface area contributed by atoms with Crippen LogP contribution in [0.15, 0.2) is 18.3 Å². The Morgan fingerprint density at radius 1 is 1.37 bits per heavy atom. The summed E-state index contributed by atoms with van der Waals surface area (Å²) in [5, 5.41) is 3.78. The molecule has 0 aliphatic carbocycles. The van der Waals surface area contributed by atoms with E-state index in [9.17, 15) is 4.39 Å². The summed E-state index contributed by atoms with van der Waals surface area (Å²) in [6.07, 6.45) is 1.59. The number of nitrogens with zero attached hydrogens (tertiary/aromatic N) is 2. The molecule has 0 radical (unpaired) electrons. The van der Waals surface area contributed by atoms with Crippen molar-refractivity contribution in [3.63, 3.8) is 0 Å². The molecule has 102 valence electrons. The predicted octanol–water partition coefficient (Wildman–Crippen LogP) is 3.36. The molecule has 0 atom stereocenters. The van der Waals surface area contributed by atoms with Crippen molar-refractivity contribution >= 4 is 11.3 Å². The van der Waals surface area contributed by atoms with Gasteiger partial charge < -0.3 is 5.32 Å². The largest absolute Gasteiger partial charge is 0.315 e. The predicted molar refractivity (Wildman–Crippen MR) is 76.8 cm³/mol. The summed E-state index contributed by atoms with van der Waals surface area (Å²) in [6.45, 7) is 7.07. The summed E-state index contributed by atoms with van der Waals surface area (Å²) in [4.78, 5) is 9.84. The summed E-state index contributed by atoms with van der Waals surface area (Å²) >= 11 is 1.50. The summed E-state index contributed by atoms with van der Waals surface area (Å²) < 4.78 is 13.8. The molecule has 2 aromatic heterocycles. The van der Waals surface area contributed by atoms with E-state index in [0.29, 0.717) is 10.7 Å². The second-order valence-electron chi connectivity index (χ2n) is 5.40. The quantitative estimate of drug-likeness (QED) is 0.936. The first-order valence-electron chi connectivity index (χ1n) is 6.19. The lowest BCUT2D eigenvalue weighted by Gasteiger charge is -2.17. The molecule has 1 N–H and O–H groups in total. The van der Waals surface area contributed by atoms with Gasteiger partial charge in [-0.15, -0.1) is 11.3 Å². The highest BCUT2D eigenvalue weighted by atomic mass is 32.1. The van der Waals surface area contributed by atoms with E-state index in [2.05, 4.69) is 36.1 Å². The maximum atomic E-state index is 13.8. The molecule has 0 fully saturated rings. The van der Waals surface area contributed by atoms with Gasteiger partial charge in [-0.05, 0) is 19.2 Å². The monoisotopic (exact) mass is 279 g/mol. The van der Waals surface area contributed by atoms with Gasteiger partial charge in [-0.3, -0.25) is 4.98 Å². The Morgan fingerprint density at radius 2 is 2.11 bits per heavy atom. The van der Waals surface area contributed by atoms with E-state index in [-0.39, 0.29) is 11.2 Å². The van der Waals surface area contributed by atoms with Gasteiger partial charge in [-0.2, -0.15) is 0 Å². The van der Waals surface area contributed by atoms with Crippen LogP contribution in [0.3, 0.4) is 0 Å². The molecule has 2 aromatic rings. The number of aromatic nitrogens is 2. The number of rotatable bonds is 3. The Balaban J connectivity index is 2.52. The van der Waals surface area contributed by atoms with Gasteiger partial charge >= 0.3 is 0 Å². The molecule has 0 aliphatic rings. The highest BCUT2D eigenvalue weighted by Crippen LogP contribution is 2.34. The van der Waals surface area contributed by atoms with E-state index in [0.717, 1.165) is 17.1 Å². The molecule has 0 amide bonds. The third-order valence-electron chi connectivity index (χ3n) is 2.71. The highest BCUT2D eigenvalue weighted by molar-refractivity contribution is 7.15. The molecule has 0 spiro atoms. The van der Waals surface area contributed by atoms with Crippen molar-refractivity contribution in [2.45, 2.75) is 32.7 Å². The minimum atomic E-state index is -0.326. The fourth-order valence-corrected chi connectivity index (χ4v) is 3.14. The Labute approximate surface area is 116 Å². The minimum Gasteiger partial charge on any atom is -0.315 e. The minimum absolute atomic E-state index is 0.0633. The molecule has 0 saturated carbocycles. The highest BCUT2D eigenvalue weighted by Gasteiger charge is 2.24. The zero-order chi connectivity index (χ0) is 14.0. The molecule has 0 aromatic carbocycles. The van der Waals surface area contributed by atoms with Gasteiger partial charge in [0.2, 0.25) is 0 Å². The van der Waals surface area contributed by atoms with Crippen LogP contribution in [0.25, 0.3) is 10.7 Å². The molecular weight excluding hydrogens is 261 g/mol. The molecular formula is C14H18FN3S. The molecule has 0 aliphatic heterocycles. The molecule has 19 heavy (non-hydrogen) atoms. The molecule has 5 heteroatoms. The van der Waals surface area contributed by atoms with Crippen molar-refractivity contribution < 1.29 is 4.39 Å². The normalized spacial score (nSPS) is 11.8. The lowest BCUT2D eigenvalue weighted by atomic mass is 9.91. The molecule has 0 bridgehead atoms. The van der Waals surface area contributed by atoms with Crippen LogP contribution < -0.4 is 5.32 Å².